The van der Waals surface area contributed by atoms with Gasteiger partial charge in [0.2, 0.25) is 0 Å². The quantitative estimate of drug-likeness (QED) is 0.672. The fourth-order valence-corrected chi connectivity index (χ4v) is 2.37. The molecule has 1 atom stereocenters. The van der Waals surface area contributed by atoms with Gasteiger partial charge >= 0.3 is 0 Å². The second kappa shape index (κ2) is 5.16. The molecule has 0 bridgehead atoms. The first-order chi connectivity index (χ1) is 7.81. The second-order valence-corrected chi connectivity index (χ2v) is 4.64. The molecule has 2 rings (SSSR count). The summed E-state index contributed by atoms with van der Waals surface area (Å²) in [5.41, 5.74) is 4.32. The molecule has 0 saturated carbocycles. The van der Waals surface area contributed by atoms with Gasteiger partial charge in [0.1, 0.15) is 0 Å². The maximum atomic E-state index is 4.19. The minimum absolute atomic E-state index is 0.724. The predicted octanol–water partition coefficient (Wildman–Crippen LogP) is 4.53. The third-order valence-electron chi connectivity index (χ3n) is 3.35. The Kier molecular flexibility index (Phi) is 3.61. The van der Waals surface area contributed by atoms with Crippen molar-refractivity contribution in [1.29, 1.82) is 0 Å². The van der Waals surface area contributed by atoms with Crippen LogP contribution in [0.4, 0.5) is 0 Å². The van der Waals surface area contributed by atoms with Crippen molar-refractivity contribution in [2.45, 2.75) is 32.6 Å². The minimum Gasteiger partial charge on any atom is -0.0956 e. The van der Waals surface area contributed by atoms with Crippen molar-refractivity contribution in [2.24, 2.45) is 5.92 Å². The van der Waals surface area contributed by atoms with Crippen molar-refractivity contribution in [3.05, 3.63) is 59.7 Å². The van der Waals surface area contributed by atoms with Crippen LogP contribution in [-0.4, -0.2) is 0 Å². The summed E-state index contributed by atoms with van der Waals surface area (Å²) in [4.78, 5) is 0. The van der Waals surface area contributed by atoms with E-state index in [1.807, 2.05) is 0 Å². The largest absolute Gasteiger partial charge is 0.0956 e. The number of allylic oxidation sites excluding steroid dienone is 3. The summed E-state index contributed by atoms with van der Waals surface area (Å²) in [5, 5.41) is 0. The summed E-state index contributed by atoms with van der Waals surface area (Å²) in [6, 6.07) is 10.8. The Hall–Kier alpha value is -1.30. The molecule has 0 aliphatic heterocycles. The Morgan fingerprint density at radius 2 is 2.06 bits per heavy atom. The molecule has 0 N–H and O–H groups in total. The molecule has 0 fully saturated rings. The minimum atomic E-state index is 0.724. The lowest BCUT2D eigenvalue weighted by molar-refractivity contribution is 0.561. The van der Waals surface area contributed by atoms with E-state index in [2.05, 4.69) is 49.9 Å². The van der Waals surface area contributed by atoms with Gasteiger partial charge in [-0.25, -0.2) is 0 Å². The Balaban J connectivity index is 1.94. The third-order valence-corrected chi connectivity index (χ3v) is 3.35. The summed E-state index contributed by atoms with van der Waals surface area (Å²) < 4.78 is 0. The van der Waals surface area contributed by atoms with Crippen LogP contribution < -0.4 is 0 Å². The zero-order valence-electron chi connectivity index (χ0n) is 10.1. The van der Waals surface area contributed by atoms with Gasteiger partial charge < -0.3 is 0 Å². The summed E-state index contributed by atoms with van der Waals surface area (Å²) in [7, 11) is 0. The lowest BCUT2D eigenvalue weighted by atomic mass is 9.76. The monoisotopic (exact) mass is 212 g/mol. The van der Waals surface area contributed by atoms with Gasteiger partial charge in [0, 0.05) is 0 Å². The van der Waals surface area contributed by atoms with E-state index in [1.54, 1.807) is 0 Å². The summed E-state index contributed by atoms with van der Waals surface area (Å²) >= 11 is 0. The summed E-state index contributed by atoms with van der Waals surface area (Å²) in [6.45, 7) is 6.41. The average Bonchev–Trinajstić information content (AvgIpc) is 2.26. The molecule has 0 nitrogen and oxygen atoms in total. The van der Waals surface area contributed by atoms with Crippen molar-refractivity contribution in [2.75, 3.05) is 0 Å². The van der Waals surface area contributed by atoms with Crippen LogP contribution in [0.25, 0.3) is 0 Å². The first kappa shape index (κ1) is 11.2. The van der Waals surface area contributed by atoms with Crippen molar-refractivity contribution in [1.82, 2.24) is 0 Å². The van der Waals surface area contributed by atoms with E-state index in [4.69, 9.17) is 0 Å². The van der Waals surface area contributed by atoms with Crippen LogP contribution in [0, 0.1) is 5.92 Å². The van der Waals surface area contributed by atoms with E-state index < -0.39 is 0 Å². The molecule has 0 saturated heterocycles. The highest BCUT2D eigenvalue weighted by molar-refractivity contribution is 5.38. The maximum absolute atomic E-state index is 4.19. The summed E-state index contributed by atoms with van der Waals surface area (Å²) in [6.07, 6.45) is 7.11. The molecule has 0 amide bonds. The fourth-order valence-electron chi connectivity index (χ4n) is 2.37. The average molecular weight is 212 g/mol. The maximum Gasteiger partial charge on any atom is -0.00874 e. The van der Waals surface area contributed by atoms with Gasteiger partial charge in [-0.1, -0.05) is 61.9 Å². The lowest BCUT2D eigenvalue weighted by Gasteiger charge is -2.29. The number of hydrogen-bond donors (Lipinski definition) is 0. The van der Waals surface area contributed by atoms with Crippen molar-refractivity contribution in [3.8, 4) is 0 Å². The van der Waals surface area contributed by atoms with Crippen molar-refractivity contribution < 1.29 is 0 Å². The molecule has 1 aromatic rings. The van der Waals surface area contributed by atoms with E-state index in [1.165, 1.54) is 36.0 Å². The molecule has 0 heterocycles. The Labute approximate surface area is 98.7 Å². The van der Waals surface area contributed by atoms with Crippen molar-refractivity contribution in [3.63, 3.8) is 0 Å². The van der Waals surface area contributed by atoms with E-state index in [9.17, 15) is 0 Å². The fraction of sp³-hybridized carbons (Fsp3) is 0.375. The highest BCUT2D eigenvalue weighted by atomic mass is 14.3. The highest BCUT2D eigenvalue weighted by Crippen LogP contribution is 2.36. The molecule has 0 heteroatoms. The van der Waals surface area contributed by atoms with E-state index in [0.717, 1.165) is 12.3 Å². The molecule has 1 aliphatic carbocycles. The number of benzene rings is 1. The van der Waals surface area contributed by atoms with Gasteiger partial charge in [0.25, 0.3) is 0 Å². The molecule has 1 unspecified atom stereocenters. The Morgan fingerprint density at radius 3 is 2.62 bits per heavy atom. The zero-order valence-corrected chi connectivity index (χ0v) is 10.1. The molecule has 1 aromatic carbocycles. The Bertz CT molecular complexity index is 384. The summed E-state index contributed by atoms with van der Waals surface area (Å²) in [5.74, 6) is 0.724. The molecule has 0 spiro atoms. The van der Waals surface area contributed by atoms with Gasteiger partial charge in [-0.3, -0.25) is 0 Å². The zero-order chi connectivity index (χ0) is 11.4. The lowest BCUT2D eigenvalue weighted by Crippen LogP contribution is -2.16. The molecule has 0 radical (unpaired) electrons. The predicted molar refractivity (Wildman–Crippen MR) is 70.4 cm³/mol. The number of hydrogen-bond acceptors (Lipinski definition) is 0. The molecular weight excluding hydrogens is 192 g/mol. The van der Waals surface area contributed by atoms with Crippen LogP contribution in [0.2, 0.25) is 0 Å². The Morgan fingerprint density at radius 1 is 1.31 bits per heavy atom. The second-order valence-electron chi connectivity index (χ2n) is 4.64. The van der Waals surface area contributed by atoms with Gasteiger partial charge in [0.15, 0.2) is 0 Å². The molecule has 84 valence electrons. The van der Waals surface area contributed by atoms with Crippen LogP contribution in [0.5, 0.6) is 0 Å². The first-order valence-corrected chi connectivity index (χ1v) is 6.23. The van der Waals surface area contributed by atoms with Gasteiger partial charge in [-0.05, 0) is 36.3 Å². The number of rotatable bonds is 5. The third kappa shape index (κ3) is 2.44. The highest BCUT2D eigenvalue weighted by Gasteiger charge is 2.22. The first-order valence-electron chi connectivity index (χ1n) is 6.23. The van der Waals surface area contributed by atoms with Gasteiger partial charge in [-0.15, -0.1) is 0 Å². The van der Waals surface area contributed by atoms with Crippen LogP contribution in [-0.2, 0) is 6.42 Å². The van der Waals surface area contributed by atoms with Gasteiger partial charge in [0.05, 0.1) is 0 Å². The normalized spacial score (nSPS) is 18.8. The molecule has 1 aliphatic rings. The van der Waals surface area contributed by atoms with Crippen LogP contribution in [0.15, 0.2) is 54.1 Å². The molecule has 16 heavy (non-hydrogen) atoms. The van der Waals surface area contributed by atoms with E-state index >= 15 is 0 Å². The smallest absolute Gasteiger partial charge is 0.00874 e. The van der Waals surface area contributed by atoms with Crippen LogP contribution in [0.3, 0.4) is 0 Å². The van der Waals surface area contributed by atoms with E-state index in [-0.39, 0.29) is 0 Å². The topological polar surface area (TPSA) is 0 Å². The van der Waals surface area contributed by atoms with Crippen LogP contribution in [0.1, 0.15) is 31.7 Å². The van der Waals surface area contributed by atoms with Crippen molar-refractivity contribution >= 4 is 0 Å². The molecular formula is C16H20. The molecule has 0 aromatic heterocycles. The standard InChI is InChI=1S/C16H20/c1-3-7-13(2)16-11-10-15(16)12-14-8-5-4-6-9-14/h4-6,8-9,11,15H,2-3,7,10,12H2,1H3. The SMILES string of the molecule is C=C(CCC)C1=CCC1Cc1ccccc1. The van der Waals surface area contributed by atoms with Crippen LogP contribution >= 0.6 is 0 Å². The van der Waals surface area contributed by atoms with Gasteiger partial charge in [-0.2, -0.15) is 0 Å². The van der Waals surface area contributed by atoms with E-state index in [0.29, 0.717) is 0 Å².